The first-order valence-corrected chi connectivity index (χ1v) is 9.14. The molecule has 0 saturated heterocycles. The number of hydrogen-bond donors (Lipinski definition) is 1. The molecule has 7 nitrogen and oxygen atoms in total. The zero-order chi connectivity index (χ0) is 16.1. The van der Waals surface area contributed by atoms with Gasteiger partial charge in [-0.25, -0.2) is 17.8 Å². The molecule has 0 unspecified atom stereocenters. The van der Waals surface area contributed by atoms with E-state index < -0.39 is 10.0 Å². The molecular weight excluding hydrogens is 314 g/mol. The van der Waals surface area contributed by atoms with E-state index in [4.69, 9.17) is 0 Å². The highest BCUT2D eigenvalue weighted by Gasteiger charge is 2.14. The highest BCUT2D eigenvalue weighted by molar-refractivity contribution is 7.89. The summed E-state index contributed by atoms with van der Waals surface area (Å²) in [6.45, 7) is 0.433. The van der Waals surface area contributed by atoms with Crippen LogP contribution in [0.5, 0.6) is 0 Å². The summed E-state index contributed by atoms with van der Waals surface area (Å²) < 4.78 is 28.7. The van der Waals surface area contributed by atoms with Crippen LogP contribution in [0.3, 0.4) is 0 Å². The van der Waals surface area contributed by atoms with Gasteiger partial charge in [0.25, 0.3) is 0 Å². The summed E-state index contributed by atoms with van der Waals surface area (Å²) in [4.78, 5) is 0.243. The van der Waals surface area contributed by atoms with Crippen molar-refractivity contribution in [3.05, 3.63) is 42.2 Å². The average Bonchev–Trinajstić information content (AvgIpc) is 3.10. The zero-order valence-corrected chi connectivity index (χ0v) is 13.5. The lowest BCUT2D eigenvalue weighted by Crippen LogP contribution is -2.25. The third kappa shape index (κ3) is 4.02. The van der Waals surface area contributed by atoms with Gasteiger partial charge in [0.05, 0.1) is 10.6 Å². The fraction of sp³-hybridized carbons (Fsp3) is 0.400. The summed E-state index contributed by atoms with van der Waals surface area (Å²) in [6.07, 6.45) is 9.11. The van der Waals surface area contributed by atoms with Gasteiger partial charge in [-0.1, -0.05) is 11.6 Å². The average molecular weight is 333 g/mol. The second-order valence-corrected chi connectivity index (χ2v) is 7.27. The number of rotatable bonds is 6. The number of allylic oxidation sites excluding steroid dienone is 1. The molecule has 0 fully saturated rings. The van der Waals surface area contributed by atoms with Gasteiger partial charge in [0.1, 0.15) is 6.33 Å². The minimum absolute atomic E-state index is 0.243. The maximum absolute atomic E-state index is 12.3. The van der Waals surface area contributed by atoms with Crippen molar-refractivity contribution in [2.45, 2.75) is 37.0 Å². The molecule has 0 radical (unpaired) electrons. The molecule has 1 aliphatic rings. The van der Waals surface area contributed by atoms with E-state index in [1.54, 1.807) is 24.3 Å². The number of aromatic nitrogens is 4. The Balaban J connectivity index is 1.61. The summed E-state index contributed by atoms with van der Waals surface area (Å²) in [5.74, 6) is 0. The van der Waals surface area contributed by atoms with Crippen LogP contribution in [-0.2, 0) is 10.0 Å². The van der Waals surface area contributed by atoms with Gasteiger partial charge in [-0.2, -0.15) is 0 Å². The Kier molecular flexibility index (Phi) is 4.82. The van der Waals surface area contributed by atoms with Crippen molar-refractivity contribution in [1.29, 1.82) is 0 Å². The van der Waals surface area contributed by atoms with Gasteiger partial charge in [0, 0.05) is 6.54 Å². The monoisotopic (exact) mass is 333 g/mol. The van der Waals surface area contributed by atoms with Gasteiger partial charge in [-0.15, -0.1) is 5.10 Å². The Morgan fingerprint density at radius 3 is 2.65 bits per heavy atom. The van der Waals surface area contributed by atoms with E-state index in [1.807, 2.05) is 0 Å². The van der Waals surface area contributed by atoms with Crippen molar-refractivity contribution in [2.24, 2.45) is 0 Å². The molecule has 0 bridgehead atoms. The second-order valence-electron chi connectivity index (χ2n) is 5.50. The first-order valence-electron chi connectivity index (χ1n) is 7.66. The molecule has 1 aromatic carbocycles. The number of nitrogens with one attached hydrogen (secondary N) is 1. The van der Waals surface area contributed by atoms with Crippen LogP contribution in [0.1, 0.15) is 32.1 Å². The lowest BCUT2D eigenvalue weighted by molar-refractivity contribution is 0.579. The van der Waals surface area contributed by atoms with Crippen molar-refractivity contribution < 1.29 is 8.42 Å². The maximum atomic E-state index is 12.3. The Labute approximate surface area is 135 Å². The number of tetrazole rings is 1. The normalized spacial score (nSPS) is 15.4. The fourth-order valence-electron chi connectivity index (χ4n) is 2.62. The summed E-state index contributed by atoms with van der Waals surface area (Å²) in [5, 5.41) is 10.9. The molecule has 0 saturated carbocycles. The first-order chi connectivity index (χ1) is 11.1. The molecule has 0 atom stereocenters. The van der Waals surface area contributed by atoms with Gasteiger partial charge >= 0.3 is 0 Å². The van der Waals surface area contributed by atoms with Crippen molar-refractivity contribution in [3.63, 3.8) is 0 Å². The molecule has 1 N–H and O–H groups in total. The van der Waals surface area contributed by atoms with Crippen molar-refractivity contribution in [3.8, 4) is 5.69 Å². The maximum Gasteiger partial charge on any atom is 0.240 e. The molecule has 3 rings (SSSR count). The van der Waals surface area contributed by atoms with E-state index in [0.29, 0.717) is 12.2 Å². The van der Waals surface area contributed by atoms with Gasteiger partial charge in [0.2, 0.25) is 10.0 Å². The Hall–Kier alpha value is -2.06. The number of benzene rings is 1. The molecule has 1 heterocycles. The topological polar surface area (TPSA) is 89.8 Å². The summed E-state index contributed by atoms with van der Waals surface area (Å²) >= 11 is 0. The predicted octanol–water partition coefficient (Wildman–Crippen LogP) is 1.83. The second kappa shape index (κ2) is 7.01. The van der Waals surface area contributed by atoms with Crippen LogP contribution in [-0.4, -0.2) is 35.2 Å². The van der Waals surface area contributed by atoms with Crippen LogP contribution in [0.15, 0.2) is 47.1 Å². The molecule has 2 aromatic rings. The van der Waals surface area contributed by atoms with Gasteiger partial charge in [-0.05, 0) is 66.8 Å². The van der Waals surface area contributed by atoms with E-state index in [9.17, 15) is 8.42 Å². The standard InChI is InChI=1S/C15H19N5O2S/c21-23(22,17-11-10-13-4-2-1-3-5-13)15-8-6-14(7-9-15)20-12-16-18-19-20/h4,6-9,12,17H,1-3,5,10-11H2. The Morgan fingerprint density at radius 2 is 2.00 bits per heavy atom. The summed E-state index contributed by atoms with van der Waals surface area (Å²) in [6, 6.07) is 6.46. The lowest BCUT2D eigenvalue weighted by Gasteiger charge is -2.13. The number of hydrogen-bond acceptors (Lipinski definition) is 5. The third-order valence-corrected chi connectivity index (χ3v) is 5.36. The quantitative estimate of drug-likeness (QED) is 0.815. The highest BCUT2D eigenvalue weighted by Crippen LogP contribution is 2.20. The Morgan fingerprint density at radius 1 is 1.17 bits per heavy atom. The van der Waals surface area contributed by atoms with Crippen molar-refractivity contribution >= 4 is 10.0 Å². The molecule has 0 spiro atoms. The highest BCUT2D eigenvalue weighted by atomic mass is 32.2. The molecule has 1 aliphatic carbocycles. The van der Waals surface area contributed by atoms with Crippen LogP contribution in [0.2, 0.25) is 0 Å². The van der Waals surface area contributed by atoms with Crippen molar-refractivity contribution in [2.75, 3.05) is 6.54 Å². The molecule has 1 aromatic heterocycles. The van der Waals surface area contributed by atoms with Crippen LogP contribution >= 0.6 is 0 Å². The lowest BCUT2D eigenvalue weighted by atomic mass is 9.97. The van der Waals surface area contributed by atoms with E-state index in [-0.39, 0.29) is 4.90 Å². The first kappa shape index (κ1) is 15.8. The van der Waals surface area contributed by atoms with Gasteiger partial charge in [0.15, 0.2) is 0 Å². The fourth-order valence-corrected chi connectivity index (χ4v) is 3.65. The third-order valence-electron chi connectivity index (χ3n) is 3.88. The van der Waals surface area contributed by atoms with E-state index in [1.165, 1.54) is 29.4 Å². The summed E-state index contributed by atoms with van der Waals surface area (Å²) in [5.41, 5.74) is 2.06. The van der Waals surface area contributed by atoms with Crippen LogP contribution < -0.4 is 4.72 Å². The zero-order valence-electron chi connectivity index (χ0n) is 12.7. The number of sulfonamides is 1. The van der Waals surface area contributed by atoms with Crippen molar-refractivity contribution in [1.82, 2.24) is 24.9 Å². The Bertz CT molecular complexity index is 767. The summed E-state index contributed by atoms with van der Waals surface area (Å²) in [7, 11) is -3.48. The van der Waals surface area contributed by atoms with Gasteiger partial charge < -0.3 is 0 Å². The molecule has 0 aliphatic heterocycles. The molecule has 8 heteroatoms. The largest absolute Gasteiger partial charge is 0.240 e. The number of nitrogens with zero attached hydrogens (tertiary/aromatic N) is 4. The molecular formula is C15H19N5O2S. The SMILES string of the molecule is O=S(=O)(NCCC1=CCCCC1)c1ccc(-n2cnnn2)cc1. The minimum Gasteiger partial charge on any atom is -0.211 e. The van der Waals surface area contributed by atoms with E-state index >= 15 is 0 Å². The van der Waals surface area contributed by atoms with Crippen LogP contribution in [0.25, 0.3) is 5.69 Å². The molecule has 0 amide bonds. The van der Waals surface area contributed by atoms with E-state index in [2.05, 4.69) is 26.3 Å². The van der Waals surface area contributed by atoms with Crippen LogP contribution in [0.4, 0.5) is 0 Å². The minimum atomic E-state index is -3.48. The van der Waals surface area contributed by atoms with Crippen LogP contribution in [0, 0.1) is 0 Å². The van der Waals surface area contributed by atoms with E-state index in [0.717, 1.165) is 19.3 Å². The molecule has 23 heavy (non-hydrogen) atoms. The predicted molar refractivity (Wildman–Crippen MR) is 85.5 cm³/mol. The van der Waals surface area contributed by atoms with Gasteiger partial charge in [-0.3, -0.25) is 0 Å². The smallest absolute Gasteiger partial charge is 0.211 e. The molecule has 122 valence electrons.